The number of thiazole rings is 1. The number of hydrogen-bond donors (Lipinski definition) is 1. The molecular weight excluding hydrogens is 472 g/mol. The number of nitrogens with one attached hydrogen (secondary N) is 1. The van der Waals surface area contributed by atoms with Crippen molar-refractivity contribution in [3.05, 3.63) is 52.5 Å². The summed E-state index contributed by atoms with van der Waals surface area (Å²) >= 11 is 2.87. The molecule has 1 aliphatic heterocycles. The lowest BCUT2D eigenvalue weighted by atomic mass is 10.1. The van der Waals surface area contributed by atoms with Gasteiger partial charge in [0.05, 0.1) is 17.1 Å². The first-order valence-electron chi connectivity index (χ1n) is 10.6. The van der Waals surface area contributed by atoms with Crippen LogP contribution in [-0.2, 0) is 16.0 Å². The maximum atomic E-state index is 12.7. The van der Waals surface area contributed by atoms with Crippen LogP contribution in [-0.4, -0.2) is 45.1 Å². The van der Waals surface area contributed by atoms with E-state index >= 15 is 0 Å². The number of carbonyl (C=O) groups is 2. The van der Waals surface area contributed by atoms with Crippen molar-refractivity contribution in [2.45, 2.75) is 20.3 Å². The lowest BCUT2D eigenvalue weighted by Crippen LogP contribution is -2.43. The van der Waals surface area contributed by atoms with Crippen molar-refractivity contribution in [3.8, 4) is 27.7 Å². The molecule has 2 amide bonds. The van der Waals surface area contributed by atoms with Crippen molar-refractivity contribution in [2.24, 2.45) is 0 Å². The SMILES string of the molecule is CCc1nnc(NC(=O)CN2C(=O)COc3ccc(-c4nc(-c5ccccn5)sc4C)cc32)s1. The maximum Gasteiger partial charge on any atom is 0.265 e. The summed E-state index contributed by atoms with van der Waals surface area (Å²) in [5.74, 6) is -0.110. The molecule has 0 fully saturated rings. The fraction of sp³-hybridized carbons (Fsp3) is 0.217. The van der Waals surface area contributed by atoms with Gasteiger partial charge in [-0.2, -0.15) is 0 Å². The average molecular weight is 493 g/mol. The average Bonchev–Trinajstić information content (AvgIpc) is 3.47. The molecule has 9 nitrogen and oxygen atoms in total. The Labute approximate surface area is 203 Å². The van der Waals surface area contributed by atoms with Gasteiger partial charge in [0.2, 0.25) is 11.0 Å². The van der Waals surface area contributed by atoms with E-state index in [-0.39, 0.29) is 25.0 Å². The number of benzene rings is 1. The molecule has 0 atom stereocenters. The van der Waals surface area contributed by atoms with Crippen molar-refractivity contribution in [2.75, 3.05) is 23.4 Å². The van der Waals surface area contributed by atoms with Crippen LogP contribution in [0, 0.1) is 6.92 Å². The number of pyridine rings is 1. The quantitative estimate of drug-likeness (QED) is 0.434. The first kappa shape index (κ1) is 22.1. The fourth-order valence-electron chi connectivity index (χ4n) is 3.54. The van der Waals surface area contributed by atoms with Crippen LogP contribution < -0.4 is 15.0 Å². The highest BCUT2D eigenvalue weighted by Crippen LogP contribution is 2.39. The second kappa shape index (κ2) is 9.27. The number of hydrogen-bond acceptors (Lipinski definition) is 9. The summed E-state index contributed by atoms with van der Waals surface area (Å²) in [5, 5.41) is 12.8. The molecule has 1 aliphatic rings. The zero-order chi connectivity index (χ0) is 23.7. The van der Waals surface area contributed by atoms with Crippen molar-refractivity contribution in [1.82, 2.24) is 20.2 Å². The standard InChI is InChI=1S/C23H20N6O3S2/c1-3-19-27-28-23(34-19)25-18(30)11-29-16-10-14(7-8-17(16)32-12-20(29)31)21-13(2)33-22(26-21)15-6-4-5-9-24-15/h4-10H,3,11-12H2,1-2H3,(H,25,28,30). The monoisotopic (exact) mass is 492 g/mol. The van der Waals surface area contributed by atoms with Gasteiger partial charge in [-0.1, -0.05) is 24.3 Å². The highest BCUT2D eigenvalue weighted by atomic mass is 32.1. The van der Waals surface area contributed by atoms with Crippen molar-refractivity contribution in [3.63, 3.8) is 0 Å². The Morgan fingerprint density at radius 3 is 2.85 bits per heavy atom. The van der Waals surface area contributed by atoms with E-state index in [1.807, 2.05) is 44.2 Å². The predicted octanol–water partition coefficient (Wildman–Crippen LogP) is 3.96. The molecular formula is C23H20N6O3S2. The van der Waals surface area contributed by atoms with E-state index < -0.39 is 0 Å². The first-order valence-corrected chi connectivity index (χ1v) is 12.2. The molecule has 5 rings (SSSR count). The van der Waals surface area contributed by atoms with Crippen LogP contribution in [0.2, 0.25) is 0 Å². The van der Waals surface area contributed by atoms with E-state index in [0.29, 0.717) is 16.6 Å². The van der Waals surface area contributed by atoms with Gasteiger partial charge < -0.3 is 4.74 Å². The van der Waals surface area contributed by atoms with Gasteiger partial charge in [0.15, 0.2) is 6.61 Å². The molecule has 0 unspecified atom stereocenters. The molecule has 0 aliphatic carbocycles. The zero-order valence-electron chi connectivity index (χ0n) is 18.4. The Morgan fingerprint density at radius 2 is 2.09 bits per heavy atom. The predicted molar refractivity (Wildman–Crippen MR) is 131 cm³/mol. The van der Waals surface area contributed by atoms with E-state index in [9.17, 15) is 9.59 Å². The minimum atomic E-state index is -0.354. The molecule has 0 saturated heterocycles. The number of fused-ring (bicyclic) bond motifs is 1. The molecule has 34 heavy (non-hydrogen) atoms. The first-order chi connectivity index (χ1) is 16.5. The summed E-state index contributed by atoms with van der Waals surface area (Å²) in [4.78, 5) is 37.0. The van der Waals surface area contributed by atoms with Gasteiger partial charge >= 0.3 is 0 Å². The lowest BCUT2D eigenvalue weighted by molar-refractivity contribution is -0.123. The van der Waals surface area contributed by atoms with E-state index in [1.165, 1.54) is 16.2 Å². The summed E-state index contributed by atoms with van der Waals surface area (Å²) in [6.07, 6.45) is 2.48. The number of aromatic nitrogens is 4. The van der Waals surface area contributed by atoms with Crippen LogP contribution in [0.5, 0.6) is 5.75 Å². The van der Waals surface area contributed by atoms with Gasteiger partial charge in [-0.05, 0) is 43.7 Å². The van der Waals surface area contributed by atoms with E-state index in [1.54, 1.807) is 23.6 Å². The molecule has 0 radical (unpaired) electrons. The maximum absolute atomic E-state index is 12.7. The summed E-state index contributed by atoms with van der Waals surface area (Å²) in [6, 6.07) is 11.3. The normalized spacial score (nSPS) is 12.9. The number of anilines is 2. The Balaban J connectivity index is 1.42. The van der Waals surface area contributed by atoms with E-state index in [2.05, 4.69) is 20.5 Å². The third kappa shape index (κ3) is 4.39. The van der Waals surface area contributed by atoms with Crippen LogP contribution in [0.15, 0.2) is 42.6 Å². The Morgan fingerprint density at radius 1 is 1.21 bits per heavy atom. The summed E-state index contributed by atoms with van der Waals surface area (Å²) in [7, 11) is 0. The van der Waals surface area contributed by atoms with Gasteiger partial charge in [0, 0.05) is 16.6 Å². The van der Waals surface area contributed by atoms with Crippen LogP contribution >= 0.6 is 22.7 Å². The van der Waals surface area contributed by atoms with Crippen LogP contribution in [0.3, 0.4) is 0 Å². The second-order valence-electron chi connectivity index (χ2n) is 7.49. The molecule has 172 valence electrons. The summed E-state index contributed by atoms with van der Waals surface area (Å²) in [5.41, 5.74) is 2.97. The van der Waals surface area contributed by atoms with E-state index in [0.717, 1.165) is 38.3 Å². The minimum absolute atomic E-state index is 0.127. The molecule has 4 aromatic rings. The fourth-order valence-corrected chi connectivity index (χ4v) is 5.14. The molecule has 1 N–H and O–H groups in total. The van der Waals surface area contributed by atoms with Gasteiger partial charge in [-0.25, -0.2) is 4.98 Å². The molecule has 0 bridgehead atoms. The molecule has 4 heterocycles. The van der Waals surface area contributed by atoms with Crippen LogP contribution in [0.1, 0.15) is 16.8 Å². The van der Waals surface area contributed by atoms with Crippen molar-refractivity contribution < 1.29 is 14.3 Å². The second-order valence-corrected chi connectivity index (χ2v) is 9.76. The number of nitrogens with zero attached hydrogens (tertiary/aromatic N) is 5. The van der Waals surface area contributed by atoms with Gasteiger partial charge in [0.1, 0.15) is 22.3 Å². The van der Waals surface area contributed by atoms with Crippen molar-refractivity contribution >= 4 is 45.3 Å². The Kier molecular flexibility index (Phi) is 6.03. The van der Waals surface area contributed by atoms with Gasteiger partial charge in [-0.15, -0.1) is 21.5 Å². The third-order valence-corrected chi connectivity index (χ3v) is 7.15. The van der Waals surface area contributed by atoms with Gasteiger partial charge in [-0.3, -0.25) is 24.8 Å². The molecule has 0 saturated carbocycles. The molecule has 1 aromatic carbocycles. The highest BCUT2D eigenvalue weighted by Gasteiger charge is 2.28. The van der Waals surface area contributed by atoms with Gasteiger partial charge in [0.25, 0.3) is 5.91 Å². The molecule has 11 heteroatoms. The highest BCUT2D eigenvalue weighted by molar-refractivity contribution is 7.15. The number of carbonyl (C=O) groups excluding carboxylic acids is 2. The number of rotatable bonds is 6. The van der Waals surface area contributed by atoms with Crippen LogP contribution in [0.25, 0.3) is 22.0 Å². The topological polar surface area (TPSA) is 110 Å². The number of ether oxygens (including phenoxy) is 1. The molecule has 3 aromatic heterocycles. The Bertz CT molecular complexity index is 1370. The van der Waals surface area contributed by atoms with E-state index in [4.69, 9.17) is 9.72 Å². The van der Waals surface area contributed by atoms with Crippen molar-refractivity contribution in [1.29, 1.82) is 0 Å². The smallest absolute Gasteiger partial charge is 0.265 e. The third-order valence-electron chi connectivity index (χ3n) is 5.17. The number of aryl methyl sites for hydroxylation is 2. The number of amides is 2. The summed E-state index contributed by atoms with van der Waals surface area (Å²) < 4.78 is 5.61. The lowest BCUT2D eigenvalue weighted by Gasteiger charge is -2.29. The largest absolute Gasteiger partial charge is 0.482 e. The summed E-state index contributed by atoms with van der Waals surface area (Å²) in [6.45, 7) is 3.68. The zero-order valence-corrected chi connectivity index (χ0v) is 20.1. The molecule has 0 spiro atoms. The Hall–Kier alpha value is -3.70. The van der Waals surface area contributed by atoms with Crippen LogP contribution in [0.4, 0.5) is 10.8 Å². The minimum Gasteiger partial charge on any atom is -0.482 e.